The van der Waals surface area contributed by atoms with Crippen LogP contribution in [0.4, 0.5) is 17.1 Å². The summed E-state index contributed by atoms with van der Waals surface area (Å²) in [6.45, 7) is 17.6. The van der Waals surface area contributed by atoms with Crippen LogP contribution in [0.15, 0.2) is 42.5 Å². The number of hydrogen-bond acceptors (Lipinski definition) is 5. The predicted octanol–water partition coefficient (Wildman–Crippen LogP) is 4.51. The van der Waals surface area contributed by atoms with Gasteiger partial charge in [-0.3, -0.25) is 9.69 Å². The minimum Gasteiger partial charge on any atom is -0.372 e. The molecule has 0 aliphatic carbocycles. The first kappa shape index (κ1) is 23.1. The Hall–Kier alpha value is -2.53. The second kappa shape index (κ2) is 11.2. The van der Waals surface area contributed by atoms with Gasteiger partial charge in [-0.25, -0.2) is 0 Å². The summed E-state index contributed by atoms with van der Waals surface area (Å²) in [5, 5.41) is 0. The van der Waals surface area contributed by atoms with Crippen LogP contribution < -0.4 is 14.7 Å². The third-order valence-corrected chi connectivity index (χ3v) is 6.45. The summed E-state index contributed by atoms with van der Waals surface area (Å²) in [6, 6.07) is 15.2. The van der Waals surface area contributed by atoms with Crippen molar-refractivity contribution in [1.82, 2.24) is 4.90 Å². The van der Waals surface area contributed by atoms with Crippen molar-refractivity contribution in [2.24, 2.45) is 0 Å². The topological polar surface area (TPSA) is 30.0 Å². The van der Waals surface area contributed by atoms with Crippen LogP contribution in [-0.4, -0.2) is 63.5 Å². The first-order valence-electron chi connectivity index (χ1n) is 11.8. The maximum Gasteiger partial charge on any atom is 0.152 e. The summed E-state index contributed by atoms with van der Waals surface area (Å²) >= 11 is 0. The summed E-state index contributed by atoms with van der Waals surface area (Å²) in [6.07, 6.45) is 0.991. The Bertz CT molecular complexity index is 820. The fourth-order valence-corrected chi connectivity index (χ4v) is 4.50. The molecule has 1 aliphatic heterocycles. The monoisotopic (exact) mass is 422 g/mol. The van der Waals surface area contributed by atoms with Crippen molar-refractivity contribution in [3.8, 4) is 0 Å². The molecule has 2 aromatic carbocycles. The molecule has 31 heavy (non-hydrogen) atoms. The Morgan fingerprint density at radius 3 is 1.87 bits per heavy atom. The van der Waals surface area contributed by atoms with Gasteiger partial charge >= 0.3 is 0 Å². The fraction of sp³-hybridized carbons (Fsp3) is 0.500. The van der Waals surface area contributed by atoms with Gasteiger partial charge in [-0.05, 0) is 63.6 Å². The van der Waals surface area contributed by atoms with Crippen molar-refractivity contribution in [2.75, 3.05) is 67.1 Å². The van der Waals surface area contributed by atoms with E-state index in [0.29, 0.717) is 0 Å². The van der Waals surface area contributed by atoms with Crippen LogP contribution in [0.3, 0.4) is 0 Å². The first-order valence-corrected chi connectivity index (χ1v) is 11.8. The fourth-order valence-electron chi connectivity index (χ4n) is 4.50. The molecule has 1 saturated heterocycles. The lowest BCUT2D eigenvalue weighted by Crippen LogP contribution is -2.46. The number of hydrogen-bond donors (Lipinski definition) is 0. The Kier molecular flexibility index (Phi) is 8.35. The smallest absolute Gasteiger partial charge is 0.152 e. The Labute approximate surface area is 188 Å². The van der Waals surface area contributed by atoms with Gasteiger partial charge in [0.05, 0.1) is 0 Å². The van der Waals surface area contributed by atoms with Crippen LogP contribution in [0.5, 0.6) is 0 Å². The molecule has 5 nitrogen and oxygen atoms in total. The van der Waals surface area contributed by atoms with E-state index in [9.17, 15) is 4.79 Å². The molecule has 0 saturated carbocycles. The lowest BCUT2D eigenvalue weighted by atomic mass is 10.1. The zero-order valence-corrected chi connectivity index (χ0v) is 19.7. The van der Waals surface area contributed by atoms with E-state index in [-0.39, 0.29) is 0 Å². The van der Waals surface area contributed by atoms with Crippen LogP contribution in [0, 0.1) is 0 Å². The maximum absolute atomic E-state index is 11.7. The van der Waals surface area contributed by atoms with Crippen molar-refractivity contribution in [3.05, 3.63) is 53.6 Å². The number of rotatable bonds is 10. The van der Waals surface area contributed by atoms with E-state index in [0.717, 1.165) is 76.4 Å². The molecule has 0 aromatic heterocycles. The molecular formula is C26H38N4O. The van der Waals surface area contributed by atoms with Crippen LogP contribution in [-0.2, 0) is 6.54 Å². The van der Waals surface area contributed by atoms with Crippen molar-refractivity contribution >= 4 is 23.3 Å². The Morgan fingerprint density at radius 1 is 0.774 bits per heavy atom. The number of anilines is 3. The molecule has 5 heteroatoms. The number of nitrogens with zero attached hydrogens (tertiary/aromatic N) is 4. The molecule has 0 N–H and O–H groups in total. The molecule has 0 unspecified atom stereocenters. The van der Waals surface area contributed by atoms with Crippen molar-refractivity contribution in [3.63, 3.8) is 0 Å². The molecule has 0 spiro atoms. The van der Waals surface area contributed by atoms with E-state index in [1.165, 1.54) is 16.9 Å². The number of piperazine rings is 1. The molecule has 0 atom stereocenters. The average Bonchev–Trinajstić information content (AvgIpc) is 2.82. The first-order chi connectivity index (χ1) is 15.1. The third-order valence-electron chi connectivity index (χ3n) is 6.45. The summed E-state index contributed by atoms with van der Waals surface area (Å²) in [4.78, 5) is 21.2. The summed E-state index contributed by atoms with van der Waals surface area (Å²) in [5.41, 5.74) is 5.72. The molecule has 0 radical (unpaired) electrons. The standard InChI is InChI=1S/C26H38N4O/c1-5-28(6-2)24-12-9-22(10-13-24)20-27-15-17-30(18-16-27)26-19-25(29(7-3)8-4)14-11-23(26)21-31/h9-14,19,21H,5-8,15-18,20H2,1-4H3. The highest BCUT2D eigenvalue weighted by atomic mass is 16.1. The lowest BCUT2D eigenvalue weighted by molar-refractivity contribution is 0.112. The number of carbonyl (C=O) groups excluding carboxylic acids is 1. The molecule has 2 aromatic rings. The largest absolute Gasteiger partial charge is 0.372 e. The van der Waals surface area contributed by atoms with Gasteiger partial charge in [0, 0.05) is 81.5 Å². The molecule has 1 aliphatic rings. The quantitative estimate of drug-likeness (QED) is 0.526. The molecule has 0 bridgehead atoms. The van der Waals surface area contributed by atoms with Gasteiger partial charge in [0.15, 0.2) is 6.29 Å². The second-order valence-electron chi connectivity index (χ2n) is 8.14. The van der Waals surface area contributed by atoms with Gasteiger partial charge in [0.1, 0.15) is 0 Å². The van der Waals surface area contributed by atoms with Crippen molar-refractivity contribution in [1.29, 1.82) is 0 Å². The van der Waals surface area contributed by atoms with Crippen LogP contribution in [0.1, 0.15) is 43.6 Å². The highest BCUT2D eigenvalue weighted by Gasteiger charge is 2.20. The predicted molar refractivity (Wildman–Crippen MR) is 133 cm³/mol. The van der Waals surface area contributed by atoms with E-state index in [1.54, 1.807) is 0 Å². The van der Waals surface area contributed by atoms with Gasteiger partial charge < -0.3 is 14.7 Å². The van der Waals surface area contributed by atoms with Gasteiger partial charge in [-0.1, -0.05) is 12.1 Å². The number of aldehydes is 1. The van der Waals surface area contributed by atoms with E-state index < -0.39 is 0 Å². The highest BCUT2D eigenvalue weighted by Crippen LogP contribution is 2.27. The minimum absolute atomic E-state index is 0.788. The zero-order valence-electron chi connectivity index (χ0n) is 19.7. The number of carbonyl (C=O) groups is 1. The third kappa shape index (κ3) is 5.59. The summed E-state index contributed by atoms with van der Waals surface area (Å²) in [7, 11) is 0. The van der Waals surface area contributed by atoms with Crippen molar-refractivity contribution < 1.29 is 4.79 Å². The van der Waals surface area contributed by atoms with E-state index in [1.807, 2.05) is 6.07 Å². The molecule has 1 fully saturated rings. The van der Waals surface area contributed by atoms with E-state index in [2.05, 4.69) is 83.7 Å². The zero-order chi connectivity index (χ0) is 22.2. The van der Waals surface area contributed by atoms with Gasteiger partial charge in [-0.2, -0.15) is 0 Å². The second-order valence-corrected chi connectivity index (χ2v) is 8.14. The van der Waals surface area contributed by atoms with Crippen LogP contribution in [0.2, 0.25) is 0 Å². The highest BCUT2D eigenvalue weighted by molar-refractivity contribution is 5.86. The minimum atomic E-state index is 0.788. The molecule has 3 rings (SSSR count). The average molecular weight is 423 g/mol. The maximum atomic E-state index is 11.7. The summed E-state index contributed by atoms with van der Waals surface area (Å²) < 4.78 is 0. The van der Waals surface area contributed by atoms with Crippen LogP contribution >= 0.6 is 0 Å². The molecule has 168 valence electrons. The molecular weight excluding hydrogens is 384 g/mol. The normalized spacial score (nSPS) is 14.5. The van der Waals surface area contributed by atoms with Gasteiger partial charge in [0.2, 0.25) is 0 Å². The van der Waals surface area contributed by atoms with E-state index >= 15 is 0 Å². The van der Waals surface area contributed by atoms with Gasteiger partial charge in [-0.15, -0.1) is 0 Å². The van der Waals surface area contributed by atoms with E-state index in [4.69, 9.17) is 0 Å². The molecule has 1 heterocycles. The Morgan fingerprint density at radius 2 is 1.32 bits per heavy atom. The Balaban J connectivity index is 1.63. The molecule has 0 amide bonds. The van der Waals surface area contributed by atoms with Crippen LogP contribution in [0.25, 0.3) is 0 Å². The number of benzene rings is 2. The summed E-state index contributed by atoms with van der Waals surface area (Å²) in [5.74, 6) is 0. The van der Waals surface area contributed by atoms with Crippen molar-refractivity contribution in [2.45, 2.75) is 34.2 Å². The SMILES string of the molecule is CCN(CC)c1ccc(CN2CCN(c3cc(N(CC)CC)ccc3C=O)CC2)cc1. The lowest BCUT2D eigenvalue weighted by Gasteiger charge is -2.37. The van der Waals surface area contributed by atoms with Gasteiger partial charge in [0.25, 0.3) is 0 Å².